The van der Waals surface area contributed by atoms with Gasteiger partial charge in [0.05, 0.1) is 10.9 Å². The topological polar surface area (TPSA) is 79.8 Å². The zero-order valence-corrected chi connectivity index (χ0v) is 14.6. The zero-order valence-electron chi connectivity index (χ0n) is 13.8. The van der Waals surface area contributed by atoms with Crippen molar-refractivity contribution in [2.24, 2.45) is 0 Å². The largest absolute Gasteiger partial charge is 0.352 e. The van der Waals surface area contributed by atoms with Crippen molar-refractivity contribution in [3.8, 4) is 0 Å². The predicted molar refractivity (Wildman–Crippen MR) is 99.3 cm³/mol. The van der Waals surface area contributed by atoms with Crippen LogP contribution in [0.25, 0.3) is 10.9 Å². The average molecular weight is 354 g/mol. The van der Waals surface area contributed by atoms with Crippen molar-refractivity contribution in [2.75, 3.05) is 6.54 Å². The Balaban J connectivity index is 1.78. The first-order chi connectivity index (χ1) is 12.1. The molecule has 0 atom stereocenters. The van der Waals surface area contributed by atoms with Gasteiger partial charge in [-0.05, 0) is 55.4 Å². The van der Waals surface area contributed by atoms with Gasteiger partial charge in [0.2, 0.25) is 0 Å². The smallest absolute Gasteiger partial charge is 0.262 e. The average Bonchev–Trinajstić information content (AvgIpc) is 2.62. The number of benzene rings is 1. The molecule has 2 aromatic heterocycles. The normalized spacial score (nSPS) is 10.8. The second-order valence-electron chi connectivity index (χ2n) is 5.61. The minimum atomic E-state index is -0.190. The third kappa shape index (κ3) is 3.66. The van der Waals surface area contributed by atoms with Crippen LogP contribution in [0.15, 0.2) is 47.5 Å². The minimum Gasteiger partial charge on any atom is -0.352 e. The maximum atomic E-state index is 12.4. The molecule has 25 heavy (non-hydrogen) atoms. The highest BCUT2D eigenvalue weighted by Gasteiger charge is 2.09. The molecule has 128 valence electrons. The van der Waals surface area contributed by atoms with Crippen LogP contribution >= 0.6 is 12.2 Å². The summed E-state index contributed by atoms with van der Waals surface area (Å²) >= 11 is 5.20. The van der Waals surface area contributed by atoms with E-state index in [2.05, 4.69) is 15.3 Å². The zero-order chi connectivity index (χ0) is 17.8. The second-order valence-corrected chi connectivity index (χ2v) is 5.99. The molecule has 0 radical (unpaired) electrons. The number of nitrogens with zero attached hydrogens (tertiary/aromatic N) is 2. The molecule has 0 saturated carbocycles. The lowest BCUT2D eigenvalue weighted by Crippen LogP contribution is -2.26. The van der Waals surface area contributed by atoms with Crippen molar-refractivity contribution in [3.63, 3.8) is 0 Å². The molecule has 1 aromatic carbocycles. The predicted octanol–water partition coefficient (Wildman–Crippen LogP) is 2.45. The lowest BCUT2D eigenvalue weighted by atomic mass is 10.1. The number of fused-ring (bicyclic) bond motifs is 1. The Morgan fingerprint density at radius 2 is 2.20 bits per heavy atom. The van der Waals surface area contributed by atoms with Crippen LogP contribution in [0.5, 0.6) is 0 Å². The summed E-state index contributed by atoms with van der Waals surface area (Å²) in [5.74, 6) is -0.190. The first kappa shape index (κ1) is 17.0. The molecule has 0 aliphatic carbocycles. The highest BCUT2D eigenvalue weighted by molar-refractivity contribution is 7.71. The van der Waals surface area contributed by atoms with Crippen LogP contribution in [0.3, 0.4) is 0 Å². The number of hydrogen-bond acceptors (Lipinski definition) is 4. The standard InChI is InChI=1S/C18H18N4O2S/c1-2-22-17(24)14-6-5-13(10-15(14)21-18(22)25)16(23)20-9-7-12-4-3-8-19-11-12/h3-6,8,10-11H,2,7,9H2,1H3,(H,20,23)(H,21,25). The molecule has 0 aliphatic rings. The summed E-state index contributed by atoms with van der Waals surface area (Å²) < 4.78 is 1.85. The SMILES string of the molecule is CCn1c(=S)[nH]c2cc(C(=O)NCCc3cccnc3)ccc2c1=O. The molecular formula is C18H18N4O2S. The van der Waals surface area contributed by atoms with E-state index in [0.29, 0.717) is 40.7 Å². The molecule has 0 bridgehead atoms. The maximum absolute atomic E-state index is 12.4. The molecule has 0 spiro atoms. The molecular weight excluding hydrogens is 336 g/mol. The molecule has 6 nitrogen and oxygen atoms in total. The van der Waals surface area contributed by atoms with Gasteiger partial charge in [0.25, 0.3) is 11.5 Å². The van der Waals surface area contributed by atoms with Crippen molar-refractivity contribution in [3.05, 3.63) is 69.0 Å². The molecule has 2 heterocycles. The molecule has 3 aromatic rings. The molecule has 0 fully saturated rings. The monoisotopic (exact) mass is 354 g/mol. The van der Waals surface area contributed by atoms with Crippen molar-refractivity contribution >= 4 is 29.0 Å². The number of H-pyrrole nitrogens is 1. The lowest BCUT2D eigenvalue weighted by molar-refractivity contribution is 0.0954. The van der Waals surface area contributed by atoms with E-state index in [9.17, 15) is 9.59 Å². The van der Waals surface area contributed by atoms with Gasteiger partial charge in [-0.1, -0.05) is 6.07 Å². The van der Waals surface area contributed by atoms with Gasteiger partial charge >= 0.3 is 0 Å². The molecule has 0 saturated heterocycles. The van der Waals surface area contributed by atoms with Gasteiger partial charge < -0.3 is 10.3 Å². The van der Waals surface area contributed by atoms with E-state index in [1.807, 2.05) is 19.1 Å². The van der Waals surface area contributed by atoms with Crippen LogP contribution in [0, 0.1) is 4.77 Å². The fourth-order valence-corrected chi connectivity index (χ4v) is 2.97. The first-order valence-electron chi connectivity index (χ1n) is 8.04. The van der Waals surface area contributed by atoms with Crippen molar-refractivity contribution < 1.29 is 4.79 Å². The molecule has 0 aliphatic heterocycles. The summed E-state index contributed by atoms with van der Waals surface area (Å²) in [6.07, 6.45) is 4.20. The van der Waals surface area contributed by atoms with Gasteiger partial charge in [0.1, 0.15) is 0 Å². The van der Waals surface area contributed by atoms with Gasteiger partial charge in [0, 0.05) is 31.0 Å². The summed E-state index contributed by atoms with van der Waals surface area (Å²) in [6.45, 7) is 2.87. The van der Waals surface area contributed by atoms with Gasteiger partial charge in [-0.2, -0.15) is 0 Å². The van der Waals surface area contributed by atoms with E-state index in [4.69, 9.17) is 12.2 Å². The van der Waals surface area contributed by atoms with E-state index in [0.717, 1.165) is 5.56 Å². The Morgan fingerprint density at radius 3 is 2.92 bits per heavy atom. The Morgan fingerprint density at radius 1 is 1.36 bits per heavy atom. The quantitative estimate of drug-likeness (QED) is 0.690. The van der Waals surface area contributed by atoms with Gasteiger partial charge in [-0.15, -0.1) is 0 Å². The van der Waals surface area contributed by atoms with Crippen LogP contribution in [-0.2, 0) is 13.0 Å². The van der Waals surface area contributed by atoms with Gasteiger partial charge in [0.15, 0.2) is 4.77 Å². The van der Waals surface area contributed by atoms with E-state index >= 15 is 0 Å². The van der Waals surface area contributed by atoms with E-state index < -0.39 is 0 Å². The van der Waals surface area contributed by atoms with Crippen LogP contribution in [0.2, 0.25) is 0 Å². The third-order valence-corrected chi connectivity index (χ3v) is 4.30. The van der Waals surface area contributed by atoms with E-state index in [1.165, 1.54) is 4.57 Å². The van der Waals surface area contributed by atoms with Gasteiger partial charge in [-0.25, -0.2) is 0 Å². The van der Waals surface area contributed by atoms with Crippen molar-refractivity contribution in [2.45, 2.75) is 19.9 Å². The number of pyridine rings is 1. The summed E-state index contributed by atoms with van der Waals surface area (Å²) in [6, 6.07) is 8.80. The highest BCUT2D eigenvalue weighted by atomic mass is 32.1. The number of hydrogen-bond donors (Lipinski definition) is 2. The van der Waals surface area contributed by atoms with Crippen molar-refractivity contribution in [1.82, 2.24) is 19.9 Å². The molecule has 3 rings (SSSR count). The van der Waals surface area contributed by atoms with E-state index in [1.54, 1.807) is 30.6 Å². The third-order valence-electron chi connectivity index (χ3n) is 3.98. The van der Waals surface area contributed by atoms with Crippen LogP contribution in [-0.4, -0.2) is 27.0 Å². The Hall–Kier alpha value is -2.80. The Bertz CT molecular complexity index is 1020. The number of aromatic nitrogens is 3. The Kier molecular flexibility index (Phi) is 5.04. The maximum Gasteiger partial charge on any atom is 0.262 e. The summed E-state index contributed by atoms with van der Waals surface area (Å²) in [4.78, 5) is 31.7. The number of amides is 1. The summed E-state index contributed by atoms with van der Waals surface area (Å²) in [7, 11) is 0. The fraction of sp³-hybridized carbons (Fsp3) is 0.222. The molecule has 0 unspecified atom stereocenters. The Labute approximate surface area is 149 Å². The lowest BCUT2D eigenvalue weighted by Gasteiger charge is -2.08. The highest BCUT2D eigenvalue weighted by Crippen LogP contribution is 2.11. The summed E-state index contributed by atoms with van der Waals surface area (Å²) in [5.41, 5.74) is 1.97. The number of rotatable bonds is 5. The fourth-order valence-electron chi connectivity index (χ4n) is 2.65. The van der Waals surface area contributed by atoms with E-state index in [-0.39, 0.29) is 11.5 Å². The number of aromatic amines is 1. The van der Waals surface area contributed by atoms with Crippen molar-refractivity contribution in [1.29, 1.82) is 0 Å². The van der Waals surface area contributed by atoms with Crippen LogP contribution < -0.4 is 10.9 Å². The molecule has 7 heteroatoms. The number of carbonyl (C=O) groups is 1. The molecule has 1 amide bonds. The van der Waals surface area contributed by atoms with Crippen LogP contribution in [0.1, 0.15) is 22.8 Å². The second kappa shape index (κ2) is 7.40. The first-order valence-corrected chi connectivity index (χ1v) is 8.45. The number of carbonyl (C=O) groups excluding carboxylic acids is 1. The molecule has 2 N–H and O–H groups in total. The summed E-state index contributed by atoms with van der Waals surface area (Å²) in [5, 5.41) is 3.39. The minimum absolute atomic E-state index is 0.148. The number of nitrogens with one attached hydrogen (secondary N) is 2. The van der Waals surface area contributed by atoms with Crippen LogP contribution in [0.4, 0.5) is 0 Å². The van der Waals surface area contributed by atoms with Gasteiger partial charge in [-0.3, -0.25) is 19.1 Å².